The van der Waals surface area contributed by atoms with E-state index in [-0.39, 0.29) is 0 Å². The van der Waals surface area contributed by atoms with Gasteiger partial charge in [-0.2, -0.15) is 12.6 Å². The Balaban J connectivity index is 1.74. The zero-order valence-electron chi connectivity index (χ0n) is 15.2. The van der Waals surface area contributed by atoms with Gasteiger partial charge in [0.1, 0.15) is 30.2 Å². The smallest absolute Gasteiger partial charge is 0.163 e. The second-order valence-electron chi connectivity index (χ2n) is 7.17. The normalized spacial score (nSPS) is 28.0. The van der Waals surface area contributed by atoms with Gasteiger partial charge in [0.05, 0.1) is 32.2 Å². The van der Waals surface area contributed by atoms with Gasteiger partial charge in [-0.3, -0.25) is 0 Å². The number of aromatic nitrogens is 3. The number of aliphatic hydroxyl groups excluding tert-OH is 1. The van der Waals surface area contributed by atoms with Crippen LogP contribution in [0.1, 0.15) is 24.6 Å². The lowest BCUT2D eigenvalue weighted by atomic mass is 9.85. The quantitative estimate of drug-likeness (QED) is 0.414. The Morgan fingerprint density at radius 3 is 2.79 bits per heavy atom. The molecule has 0 unspecified atom stereocenters. The third-order valence-corrected chi connectivity index (χ3v) is 6.60. The standard InChI is InChI=1S/C19H18Cl2N4O3S/c1-19(29)14(27)18(25-5-4-10-16(22)23-8-24-17(10)25)28-15(19)11(7-26)9-2-3-12(20)13(21)6-9/h2-8,11,14-15,18,27,29H,1H3,(H2,22,23,24)/t11-,14+,15-,18-,19+/m1/s1. The van der Waals surface area contributed by atoms with E-state index < -0.39 is 29.1 Å². The number of halogens is 2. The summed E-state index contributed by atoms with van der Waals surface area (Å²) >= 11 is 16.8. The molecule has 5 atom stereocenters. The first-order valence-electron chi connectivity index (χ1n) is 8.79. The predicted octanol–water partition coefficient (Wildman–Crippen LogP) is 3.25. The molecule has 29 heavy (non-hydrogen) atoms. The molecule has 0 amide bonds. The van der Waals surface area contributed by atoms with E-state index in [0.717, 1.165) is 6.29 Å². The maximum absolute atomic E-state index is 12.0. The van der Waals surface area contributed by atoms with Crippen LogP contribution in [0.4, 0.5) is 5.82 Å². The van der Waals surface area contributed by atoms with Crippen LogP contribution >= 0.6 is 35.8 Å². The van der Waals surface area contributed by atoms with Crippen LogP contribution in [0.25, 0.3) is 11.0 Å². The van der Waals surface area contributed by atoms with Crippen molar-refractivity contribution >= 4 is 59.0 Å². The molecule has 2 aromatic heterocycles. The average molecular weight is 453 g/mol. The molecule has 0 saturated carbocycles. The number of aldehydes is 1. The molecule has 7 nitrogen and oxygen atoms in total. The first-order chi connectivity index (χ1) is 13.8. The first kappa shape index (κ1) is 20.4. The fourth-order valence-electron chi connectivity index (χ4n) is 3.73. The number of nitrogens with zero attached hydrogens (tertiary/aromatic N) is 3. The van der Waals surface area contributed by atoms with E-state index >= 15 is 0 Å². The third kappa shape index (κ3) is 3.29. The number of nitrogens with two attached hydrogens (primary N) is 1. The van der Waals surface area contributed by atoms with E-state index in [4.69, 9.17) is 33.7 Å². The summed E-state index contributed by atoms with van der Waals surface area (Å²) in [5.74, 6) is -0.388. The highest BCUT2D eigenvalue weighted by atomic mass is 35.5. The molecule has 1 aliphatic rings. The number of aliphatic hydroxyl groups is 1. The number of carbonyl (C=O) groups excluding carboxylic acids is 1. The Bertz CT molecular complexity index is 1090. The highest BCUT2D eigenvalue weighted by molar-refractivity contribution is 7.82. The Kier molecular flexibility index (Phi) is 5.25. The number of thiol groups is 1. The molecule has 1 saturated heterocycles. The Morgan fingerprint density at radius 1 is 1.34 bits per heavy atom. The lowest BCUT2D eigenvalue weighted by Gasteiger charge is -2.30. The Morgan fingerprint density at radius 2 is 2.10 bits per heavy atom. The molecule has 3 N–H and O–H groups in total. The minimum absolute atomic E-state index is 0.327. The fourth-order valence-corrected chi connectivity index (χ4v) is 4.38. The second-order valence-corrected chi connectivity index (χ2v) is 8.95. The van der Waals surface area contributed by atoms with Gasteiger partial charge in [-0.1, -0.05) is 29.3 Å². The summed E-state index contributed by atoms with van der Waals surface area (Å²) < 4.78 is 6.81. The van der Waals surface area contributed by atoms with E-state index in [1.165, 1.54) is 6.33 Å². The van der Waals surface area contributed by atoms with Crippen LogP contribution < -0.4 is 5.73 Å². The number of hydrogen-bond acceptors (Lipinski definition) is 7. The molecular formula is C19H18Cl2N4O3S. The van der Waals surface area contributed by atoms with Gasteiger partial charge in [0, 0.05) is 6.20 Å². The van der Waals surface area contributed by atoms with Gasteiger partial charge < -0.3 is 24.9 Å². The number of ether oxygens (including phenoxy) is 1. The van der Waals surface area contributed by atoms with E-state index in [1.807, 2.05) is 0 Å². The summed E-state index contributed by atoms with van der Waals surface area (Å²) in [7, 11) is 0. The number of benzene rings is 1. The van der Waals surface area contributed by atoms with Crippen molar-refractivity contribution in [3.63, 3.8) is 0 Å². The molecule has 3 heterocycles. The molecule has 10 heteroatoms. The summed E-state index contributed by atoms with van der Waals surface area (Å²) in [6.45, 7) is 1.73. The van der Waals surface area contributed by atoms with Crippen LogP contribution in [-0.4, -0.2) is 42.9 Å². The zero-order chi connectivity index (χ0) is 20.9. The third-order valence-electron chi connectivity index (χ3n) is 5.35. The summed E-state index contributed by atoms with van der Waals surface area (Å²) in [4.78, 5) is 20.2. The van der Waals surface area contributed by atoms with Gasteiger partial charge in [-0.25, -0.2) is 9.97 Å². The molecule has 0 spiro atoms. The number of carbonyl (C=O) groups is 1. The van der Waals surface area contributed by atoms with Crippen molar-refractivity contribution in [2.75, 3.05) is 5.73 Å². The monoisotopic (exact) mass is 452 g/mol. The van der Waals surface area contributed by atoms with Gasteiger partial charge >= 0.3 is 0 Å². The van der Waals surface area contributed by atoms with Gasteiger partial charge in [0.2, 0.25) is 0 Å². The average Bonchev–Trinajstić information content (AvgIpc) is 3.20. The summed E-state index contributed by atoms with van der Waals surface area (Å²) in [5, 5.41) is 12.4. The van der Waals surface area contributed by atoms with Gasteiger partial charge in [-0.15, -0.1) is 0 Å². The molecule has 3 aromatic rings. The molecule has 0 aliphatic carbocycles. The van der Waals surface area contributed by atoms with E-state index in [0.29, 0.717) is 32.5 Å². The molecule has 4 rings (SSSR count). The minimum Gasteiger partial charge on any atom is -0.387 e. The number of fused-ring (bicyclic) bond motifs is 1. The summed E-state index contributed by atoms with van der Waals surface area (Å²) in [6.07, 6.45) is 1.23. The van der Waals surface area contributed by atoms with Crippen molar-refractivity contribution in [2.45, 2.75) is 36.0 Å². The van der Waals surface area contributed by atoms with Crippen molar-refractivity contribution in [1.29, 1.82) is 0 Å². The van der Waals surface area contributed by atoms with Gasteiger partial charge in [0.15, 0.2) is 6.23 Å². The van der Waals surface area contributed by atoms with Crippen LogP contribution in [0.3, 0.4) is 0 Å². The van der Waals surface area contributed by atoms with E-state index in [2.05, 4.69) is 22.6 Å². The predicted molar refractivity (Wildman–Crippen MR) is 115 cm³/mol. The van der Waals surface area contributed by atoms with Crippen molar-refractivity contribution in [3.8, 4) is 0 Å². The van der Waals surface area contributed by atoms with Crippen molar-refractivity contribution in [3.05, 3.63) is 52.4 Å². The highest BCUT2D eigenvalue weighted by Gasteiger charge is 2.54. The van der Waals surface area contributed by atoms with Gasteiger partial charge in [0.25, 0.3) is 0 Å². The maximum atomic E-state index is 12.0. The molecule has 1 aliphatic heterocycles. The van der Waals surface area contributed by atoms with E-state index in [1.54, 1.807) is 42.0 Å². The van der Waals surface area contributed by atoms with Crippen LogP contribution in [-0.2, 0) is 9.53 Å². The fraction of sp³-hybridized carbons (Fsp3) is 0.316. The highest BCUT2D eigenvalue weighted by Crippen LogP contribution is 2.47. The Labute approximate surface area is 182 Å². The lowest BCUT2D eigenvalue weighted by molar-refractivity contribution is -0.113. The number of anilines is 1. The zero-order valence-corrected chi connectivity index (χ0v) is 17.6. The van der Waals surface area contributed by atoms with Crippen LogP contribution in [0.5, 0.6) is 0 Å². The lowest BCUT2D eigenvalue weighted by Crippen LogP contribution is -2.42. The molecule has 0 bridgehead atoms. The largest absolute Gasteiger partial charge is 0.387 e. The Hall–Kier alpha value is -1.84. The maximum Gasteiger partial charge on any atom is 0.163 e. The van der Waals surface area contributed by atoms with Crippen LogP contribution in [0.2, 0.25) is 10.0 Å². The van der Waals surface area contributed by atoms with Gasteiger partial charge in [-0.05, 0) is 30.7 Å². The summed E-state index contributed by atoms with van der Waals surface area (Å²) in [6, 6.07) is 6.70. The topological polar surface area (TPSA) is 103 Å². The van der Waals surface area contributed by atoms with Crippen molar-refractivity contribution in [1.82, 2.24) is 14.5 Å². The number of rotatable bonds is 4. The molecule has 1 fully saturated rings. The second kappa shape index (κ2) is 7.45. The van der Waals surface area contributed by atoms with Crippen molar-refractivity contribution in [2.24, 2.45) is 0 Å². The van der Waals surface area contributed by atoms with Crippen molar-refractivity contribution < 1.29 is 14.6 Å². The minimum atomic E-state index is -1.04. The molecule has 0 radical (unpaired) electrons. The van der Waals surface area contributed by atoms with Crippen LogP contribution in [0, 0.1) is 0 Å². The summed E-state index contributed by atoms with van der Waals surface area (Å²) in [5.41, 5.74) is 7.04. The molecular weight excluding hydrogens is 435 g/mol. The molecule has 1 aromatic carbocycles. The molecule has 152 valence electrons. The number of hydrogen-bond donors (Lipinski definition) is 3. The SMILES string of the molecule is C[C@@]1(S)[C@@H]([C@H](C=O)c2ccc(Cl)c(Cl)c2)O[C@@H](n2ccc3c(N)ncnc32)[C@@H]1O. The van der Waals surface area contributed by atoms with Crippen LogP contribution in [0.15, 0.2) is 36.8 Å². The van der Waals surface area contributed by atoms with E-state index in [9.17, 15) is 9.90 Å². The number of nitrogen functional groups attached to an aromatic ring is 1. The first-order valence-corrected chi connectivity index (χ1v) is 9.99.